The van der Waals surface area contributed by atoms with Crippen molar-refractivity contribution in [3.05, 3.63) is 29.8 Å². The number of hydrogen-bond donors (Lipinski definition) is 3. The van der Waals surface area contributed by atoms with Gasteiger partial charge in [-0.15, -0.1) is 0 Å². The Labute approximate surface area is 134 Å². The molecule has 0 saturated heterocycles. The van der Waals surface area contributed by atoms with Crippen molar-refractivity contribution < 1.29 is 24.2 Å². The zero-order chi connectivity index (χ0) is 17.0. The number of aromatic hydroxyl groups is 1. The highest BCUT2D eigenvalue weighted by Gasteiger charge is 2.19. The molecular formula is C16H20N2O5. The van der Waals surface area contributed by atoms with E-state index in [2.05, 4.69) is 10.9 Å². The summed E-state index contributed by atoms with van der Waals surface area (Å²) in [7, 11) is 0. The van der Waals surface area contributed by atoms with Gasteiger partial charge in [0.1, 0.15) is 23.7 Å². The van der Waals surface area contributed by atoms with E-state index in [1.165, 1.54) is 12.1 Å². The van der Waals surface area contributed by atoms with E-state index in [1.54, 1.807) is 32.9 Å². The van der Waals surface area contributed by atoms with Crippen LogP contribution in [0.5, 0.6) is 11.5 Å². The molecule has 7 heteroatoms. The van der Waals surface area contributed by atoms with Crippen LogP contribution in [-0.4, -0.2) is 29.3 Å². The molecular weight excluding hydrogens is 300 g/mol. The van der Waals surface area contributed by atoms with E-state index in [4.69, 9.17) is 9.47 Å². The van der Waals surface area contributed by atoms with Gasteiger partial charge in [-0.2, -0.15) is 0 Å². The molecule has 0 bridgehead atoms. The molecule has 0 atom stereocenters. The molecule has 0 unspecified atom stereocenters. The fourth-order valence-electron chi connectivity index (χ4n) is 2.05. The molecule has 1 aromatic carbocycles. The van der Waals surface area contributed by atoms with Crippen LogP contribution in [0, 0.1) is 0 Å². The maximum atomic E-state index is 11.9. The van der Waals surface area contributed by atoms with Gasteiger partial charge in [-0.1, -0.05) is 0 Å². The summed E-state index contributed by atoms with van der Waals surface area (Å²) in [5, 5.41) is 9.45. The van der Waals surface area contributed by atoms with Crippen LogP contribution in [0.15, 0.2) is 24.3 Å². The maximum Gasteiger partial charge on any atom is 0.426 e. The van der Waals surface area contributed by atoms with Crippen molar-refractivity contribution in [2.75, 3.05) is 6.61 Å². The molecule has 0 aromatic heterocycles. The second-order valence-electron chi connectivity index (χ2n) is 6.07. The normalized spacial score (nSPS) is 13.3. The van der Waals surface area contributed by atoms with E-state index in [9.17, 15) is 14.7 Å². The Hall–Kier alpha value is -2.70. The first-order valence-corrected chi connectivity index (χ1v) is 7.17. The Bertz CT molecular complexity index is 646. The molecule has 1 aromatic rings. The second-order valence-corrected chi connectivity index (χ2v) is 6.07. The first-order chi connectivity index (χ1) is 10.7. The Kier molecular flexibility index (Phi) is 4.78. The highest BCUT2D eigenvalue weighted by molar-refractivity contribution is 5.91. The third-order valence-corrected chi connectivity index (χ3v) is 2.93. The molecule has 0 saturated carbocycles. The number of phenols is 1. The summed E-state index contributed by atoms with van der Waals surface area (Å²) in [6, 6.07) is 4.71. The van der Waals surface area contributed by atoms with Gasteiger partial charge < -0.3 is 14.6 Å². The van der Waals surface area contributed by atoms with Crippen molar-refractivity contribution in [1.82, 2.24) is 10.9 Å². The average Bonchev–Trinajstić information content (AvgIpc) is 2.43. The van der Waals surface area contributed by atoms with E-state index in [-0.39, 0.29) is 18.1 Å². The van der Waals surface area contributed by atoms with Crippen LogP contribution < -0.4 is 15.6 Å². The van der Waals surface area contributed by atoms with Crippen molar-refractivity contribution in [3.8, 4) is 11.5 Å². The number of hydrazine groups is 1. The summed E-state index contributed by atoms with van der Waals surface area (Å²) in [5.74, 6) is 0.236. The molecule has 3 N–H and O–H groups in total. The molecule has 0 radical (unpaired) electrons. The van der Waals surface area contributed by atoms with Crippen LogP contribution in [0.2, 0.25) is 0 Å². The topological polar surface area (TPSA) is 96.9 Å². The first kappa shape index (κ1) is 16.7. The molecule has 2 amide bonds. The summed E-state index contributed by atoms with van der Waals surface area (Å²) in [5.41, 5.74) is 5.36. The standard InChI is InChI=1S/C16H20N2O5/c1-16(2,3)23-15(21)18-17-14(20)8-10-6-7-22-13-9-11(19)4-5-12(10)13/h4-6,9,19H,7-8H2,1-3H3,(H,17,20)(H,18,21). The molecule has 1 aliphatic heterocycles. The summed E-state index contributed by atoms with van der Waals surface area (Å²) < 4.78 is 10.4. The van der Waals surface area contributed by atoms with Crippen molar-refractivity contribution in [3.63, 3.8) is 0 Å². The summed E-state index contributed by atoms with van der Waals surface area (Å²) in [4.78, 5) is 23.4. The lowest BCUT2D eigenvalue weighted by atomic mass is 9.99. The van der Waals surface area contributed by atoms with Gasteiger partial charge in [0.15, 0.2) is 0 Å². The quantitative estimate of drug-likeness (QED) is 0.725. The monoisotopic (exact) mass is 320 g/mol. The van der Waals surface area contributed by atoms with E-state index in [0.717, 1.165) is 11.1 Å². The van der Waals surface area contributed by atoms with Crippen LogP contribution in [0.1, 0.15) is 32.8 Å². The lowest BCUT2D eigenvalue weighted by molar-refractivity contribution is -0.121. The van der Waals surface area contributed by atoms with Crippen LogP contribution in [0.25, 0.3) is 5.57 Å². The van der Waals surface area contributed by atoms with E-state index in [0.29, 0.717) is 12.4 Å². The van der Waals surface area contributed by atoms with Crippen LogP contribution >= 0.6 is 0 Å². The van der Waals surface area contributed by atoms with Crippen LogP contribution in [0.3, 0.4) is 0 Å². The van der Waals surface area contributed by atoms with E-state index in [1.807, 2.05) is 0 Å². The zero-order valence-corrected chi connectivity index (χ0v) is 13.3. The van der Waals surface area contributed by atoms with Gasteiger partial charge in [0, 0.05) is 11.6 Å². The van der Waals surface area contributed by atoms with Crippen molar-refractivity contribution >= 4 is 17.6 Å². The summed E-state index contributed by atoms with van der Waals surface area (Å²) >= 11 is 0. The van der Waals surface area contributed by atoms with E-state index < -0.39 is 11.7 Å². The van der Waals surface area contributed by atoms with Crippen molar-refractivity contribution in [1.29, 1.82) is 0 Å². The smallest absolute Gasteiger partial charge is 0.426 e. The first-order valence-electron chi connectivity index (χ1n) is 7.17. The largest absolute Gasteiger partial charge is 0.508 e. The third kappa shape index (κ3) is 4.91. The molecule has 1 aliphatic rings. The Morgan fingerprint density at radius 2 is 2.04 bits per heavy atom. The summed E-state index contributed by atoms with van der Waals surface area (Å²) in [6.45, 7) is 5.51. The zero-order valence-electron chi connectivity index (χ0n) is 13.3. The highest BCUT2D eigenvalue weighted by atomic mass is 16.6. The Morgan fingerprint density at radius 3 is 2.74 bits per heavy atom. The predicted molar refractivity (Wildman–Crippen MR) is 83.7 cm³/mol. The molecule has 0 fully saturated rings. The minimum atomic E-state index is -0.725. The SMILES string of the molecule is CC(C)(C)OC(=O)NNC(=O)CC1=CCOc2cc(O)ccc21. The maximum absolute atomic E-state index is 11.9. The predicted octanol–water partition coefficient (Wildman–Crippen LogP) is 2.11. The number of fused-ring (bicyclic) bond motifs is 1. The molecule has 2 rings (SSSR count). The van der Waals surface area contributed by atoms with Gasteiger partial charge in [-0.05, 0) is 44.6 Å². The Balaban J connectivity index is 1.92. The molecule has 124 valence electrons. The molecule has 7 nitrogen and oxygen atoms in total. The van der Waals surface area contributed by atoms with Gasteiger partial charge in [0.2, 0.25) is 5.91 Å². The van der Waals surface area contributed by atoms with Gasteiger partial charge in [-0.3, -0.25) is 10.2 Å². The van der Waals surface area contributed by atoms with Crippen molar-refractivity contribution in [2.45, 2.75) is 32.8 Å². The van der Waals surface area contributed by atoms with Crippen molar-refractivity contribution in [2.24, 2.45) is 0 Å². The van der Waals surface area contributed by atoms with Gasteiger partial charge in [0.25, 0.3) is 0 Å². The fourth-order valence-corrected chi connectivity index (χ4v) is 2.05. The Morgan fingerprint density at radius 1 is 1.30 bits per heavy atom. The number of hydrogen-bond acceptors (Lipinski definition) is 5. The van der Waals surface area contributed by atoms with E-state index >= 15 is 0 Å². The number of rotatable bonds is 2. The number of ether oxygens (including phenoxy) is 2. The minimum Gasteiger partial charge on any atom is -0.508 e. The van der Waals surface area contributed by atoms with Gasteiger partial charge >= 0.3 is 6.09 Å². The fraction of sp³-hybridized carbons (Fsp3) is 0.375. The van der Waals surface area contributed by atoms with Gasteiger partial charge in [0.05, 0.1) is 6.42 Å². The average molecular weight is 320 g/mol. The number of amides is 2. The molecule has 23 heavy (non-hydrogen) atoms. The lowest BCUT2D eigenvalue weighted by Gasteiger charge is -2.20. The molecule has 0 aliphatic carbocycles. The number of phenolic OH excluding ortho intramolecular Hbond substituents is 1. The van der Waals surface area contributed by atoms with Gasteiger partial charge in [-0.25, -0.2) is 10.2 Å². The van der Waals surface area contributed by atoms with Crippen LogP contribution in [0.4, 0.5) is 4.79 Å². The minimum absolute atomic E-state index is 0.0664. The third-order valence-electron chi connectivity index (χ3n) is 2.93. The highest BCUT2D eigenvalue weighted by Crippen LogP contribution is 2.34. The number of benzene rings is 1. The molecule has 0 spiro atoms. The molecule has 1 heterocycles. The number of nitrogens with one attached hydrogen (secondary N) is 2. The lowest BCUT2D eigenvalue weighted by Crippen LogP contribution is -2.44. The van der Waals surface area contributed by atoms with Crippen LogP contribution in [-0.2, 0) is 9.53 Å². The number of carbonyl (C=O) groups is 2. The number of carbonyl (C=O) groups excluding carboxylic acids is 2. The second kappa shape index (κ2) is 6.60. The summed E-state index contributed by atoms with van der Waals surface area (Å²) in [6.07, 6.45) is 1.13.